The predicted molar refractivity (Wildman–Crippen MR) is 74.5 cm³/mol. The number of carbonyl (C=O) groups is 1. The predicted octanol–water partition coefficient (Wildman–Crippen LogP) is 1.53. The Hall–Kier alpha value is -1.40. The maximum Gasteiger partial charge on any atom is 0.329 e. The number of rotatable bonds is 6. The molecule has 1 N–H and O–H groups in total. The van der Waals surface area contributed by atoms with Gasteiger partial charge >= 0.3 is 5.97 Å². The standard InChI is InChI=1S/C14H23N3O3/c1-11(2)17-9-12(7-15-17)8-16-5-3-13(4-6-16)20-10-14(18)19/h7,9,11,13H,3-6,8,10H2,1-2H3,(H,18,19). The first kappa shape index (κ1) is 15.0. The van der Waals surface area contributed by atoms with Crippen LogP contribution < -0.4 is 0 Å². The number of ether oxygens (including phenoxy) is 1. The first-order chi connectivity index (χ1) is 9.54. The molecule has 0 aliphatic carbocycles. The van der Waals surface area contributed by atoms with Crippen molar-refractivity contribution in [1.82, 2.24) is 14.7 Å². The van der Waals surface area contributed by atoms with Crippen LogP contribution in [-0.2, 0) is 16.1 Å². The van der Waals surface area contributed by atoms with Crippen molar-refractivity contribution in [3.8, 4) is 0 Å². The summed E-state index contributed by atoms with van der Waals surface area (Å²) in [6.45, 7) is 6.82. The van der Waals surface area contributed by atoms with Crippen LogP contribution in [0.4, 0.5) is 0 Å². The molecular weight excluding hydrogens is 258 g/mol. The zero-order valence-corrected chi connectivity index (χ0v) is 12.2. The normalized spacial score (nSPS) is 17.8. The van der Waals surface area contributed by atoms with E-state index in [0.717, 1.165) is 32.5 Å². The molecule has 1 fully saturated rings. The molecule has 20 heavy (non-hydrogen) atoms. The Kier molecular flexibility index (Phi) is 5.14. The number of carboxylic acids is 1. The Morgan fingerprint density at radius 3 is 2.75 bits per heavy atom. The average Bonchev–Trinajstić information content (AvgIpc) is 2.86. The molecule has 0 aromatic carbocycles. The lowest BCUT2D eigenvalue weighted by Crippen LogP contribution is -2.37. The number of hydrogen-bond donors (Lipinski definition) is 1. The van der Waals surface area contributed by atoms with E-state index < -0.39 is 5.97 Å². The van der Waals surface area contributed by atoms with Crippen LogP contribution in [0.25, 0.3) is 0 Å². The molecular formula is C14H23N3O3. The minimum absolute atomic E-state index is 0.0840. The third-order valence-corrected chi connectivity index (χ3v) is 3.57. The topological polar surface area (TPSA) is 67.6 Å². The summed E-state index contributed by atoms with van der Waals surface area (Å²) in [6, 6.07) is 0.388. The summed E-state index contributed by atoms with van der Waals surface area (Å²) in [6.07, 6.45) is 5.89. The number of nitrogens with zero attached hydrogens (tertiary/aromatic N) is 3. The molecule has 1 aliphatic heterocycles. The smallest absolute Gasteiger partial charge is 0.329 e. The first-order valence-corrected chi connectivity index (χ1v) is 7.13. The van der Waals surface area contributed by atoms with Crippen LogP contribution >= 0.6 is 0 Å². The Labute approximate surface area is 119 Å². The quantitative estimate of drug-likeness (QED) is 0.856. The Bertz CT molecular complexity index is 437. The van der Waals surface area contributed by atoms with E-state index in [0.29, 0.717) is 6.04 Å². The molecule has 6 nitrogen and oxygen atoms in total. The van der Waals surface area contributed by atoms with Crippen molar-refractivity contribution >= 4 is 5.97 Å². The molecule has 1 saturated heterocycles. The average molecular weight is 281 g/mol. The maximum atomic E-state index is 10.5. The number of carboxylic acid groups (broad SMARTS) is 1. The summed E-state index contributed by atoms with van der Waals surface area (Å²) in [4.78, 5) is 12.8. The van der Waals surface area contributed by atoms with Crippen molar-refractivity contribution < 1.29 is 14.6 Å². The number of aliphatic carboxylic acids is 1. The van der Waals surface area contributed by atoms with Crippen molar-refractivity contribution in [2.24, 2.45) is 0 Å². The van der Waals surface area contributed by atoms with E-state index in [9.17, 15) is 4.79 Å². The summed E-state index contributed by atoms with van der Waals surface area (Å²) in [7, 11) is 0. The second-order valence-electron chi connectivity index (χ2n) is 5.60. The van der Waals surface area contributed by atoms with Gasteiger partial charge in [0.2, 0.25) is 0 Å². The van der Waals surface area contributed by atoms with E-state index in [4.69, 9.17) is 9.84 Å². The van der Waals surface area contributed by atoms with Crippen LogP contribution in [0.3, 0.4) is 0 Å². The summed E-state index contributed by atoms with van der Waals surface area (Å²) < 4.78 is 7.31. The molecule has 0 radical (unpaired) electrons. The summed E-state index contributed by atoms with van der Waals surface area (Å²) >= 11 is 0. The molecule has 1 aromatic rings. The van der Waals surface area contributed by atoms with Gasteiger partial charge in [0.25, 0.3) is 0 Å². The molecule has 0 amide bonds. The van der Waals surface area contributed by atoms with Gasteiger partial charge in [-0.3, -0.25) is 9.58 Å². The van der Waals surface area contributed by atoms with E-state index >= 15 is 0 Å². The Morgan fingerprint density at radius 2 is 2.20 bits per heavy atom. The Morgan fingerprint density at radius 1 is 1.50 bits per heavy atom. The summed E-state index contributed by atoms with van der Waals surface area (Å²) in [5.74, 6) is -0.895. The lowest BCUT2D eigenvalue weighted by atomic mass is 10.1. The lowest BCUT2D eigenvalue weighted by molar-refractivity contribution is -0.145. The number of aromatic nitrogens is 2. The highest BCUT2D eigenvalue weighted by molar-refractivity contribution is 5.68. The lowest BCUT2D eigenvalue weighted by Gasteiger charge is -2.31. The fourth-order valence-corrected chi connectivity index (χ4v) is 2.42. The molecule has 0 saturated carbocycles. The van der Waals surface area contributed by atoms with Crippen LogP contribution in [0.5, 0.6) is 0 Å². The number of hydrogen-bond acceptors (Lipinski definition) is 4. The van der Waals surface area contributed by atoms with Crippen LogP contribution in [0.15, 0.2) is 12.4 Å². The molecule has 0 spiro atoms. The molecule has 1 aliphatic rings. The summed E-state index contributed by atoms with van der Waals surface area (Å²) in [5, 5.41) is 12.9. The number of likely N-dealkylation sites (tertiary alicyclic amines) is 1. The molecule has 2 heterocycles. The van der Waals surface area contributed by atoms with Gasteiger partial charge in [-0.2, -0.15) is 5.10 Å². The third kappa shape index (κ3) is 4.31. The minimum Gasteiger partial charge on any atom is -0.480 e. The van der Waals surface area contributed by atoms with E-state index in [1.165, 1.54) is 5.56 Å². The zero-order valence-electron chi connectivity index (χ0n) is 12.2. The highest BCUT2D eigenvalue weighted by Gasteiger charge is 2.20. The third-order valence-electron chi connectivity index (χ3n) is 3.57. The van der Waals surface area contributed by atoms with Crippen molar-refractivity contribution in [3.63, 3.8) is 0 Å². The van der Waals surface area contributed by atoms with Crippen LogP contribution in [-0.4, -0.2) is 51.6 Å². The maximum absolute atomic E-state index is 10.5. The van der Waals surface area contributed by atoms with Gasteiger partial charge in [-0.25, -0.2) is 4.79 Å². The van der Waals surface area contributed by atoms with Crippen LogP contribution in [0.1, 0.15) is 38.3 Å². The van der Waals surface area contributed by atoms with Crippen molar-refractivity contribution in [3.05, 3.63) is 18.0 Å². The largest absolute Gasteiger partial charge is 0.480 e. The van der Waals surface area contributed by atoms with Crippen LogP contribution in [0, 0.1) is 0 Å². The first-order valence-electron chi connectivity index (χ1n) is 7.13. The molecule has 0 bridgehead atoms. The van der Waals surface area contributed by atoms with E-state index in [2.05, 4.69) is 30.0 Å². The highest BCUT2D eigenvalue weighted by Crippen LogP contribution is 2.16. The molecule has 112 valence electrons. The second-order valence-corrected chi connectivity index (χ2v) is 5.60. The molecule has 0 atom stereocenters. The zero-order chi connectivity index (χ0) is 14.5. The van der Waals surface area contributed by atoms with Gasteiger partial charge in [0.05, 0.1) is 12.3 Å². The van der Waals surface area contributed by atoms with E-state index in [-0.39, 0.29) is 12.7 Å². The van der Waals surface area contributed by atoms with Gasteiger partial charge in [-0.05, 0) is 26.7 Å². The van der Waals surface area contributed by atoms with Crippen molar-refractivity contribution in [2.75, 3.05) is 19.7 Å². The van der Waals surface area contributed by atoms with Gasteiger partial charge < -0.3 is 9.84 Å². The SMILES string of the molecule is CC(C)n1cc(CN2CCC(OCC(=O)O)CC2)cn1. The van der Waals surface area contributed by atoms with Crippen molar-refractivity contribution in [1.29, 1.82) is 0 Å². The minimum atomic E-state index is -0.895. The molecule has 0 unspecified atom stereocenters. The number of piperidine rings is 1. The molecule has 6 heteroatoms. The van der Waals surface area contributed by atoms with Gasteiger partial charge in [0.1, 0.15) is 6.61 Å². The van der Waals surface area contributed by atoms with Gasteiger partial charge in [0.15, 0.2) is 0 Å². The van der Waals surface area contributed by atoms with Gasteiger partial charge in [0, 0.05) is 37.4 Å². The van der Waals surface area contributed by atoms with Gasteiger partial charge in [-0.15, -0.1) is 0 Å². The second kappa shape index (κ2) is 6.85. The summed E-state index contributed by atoms with van der Waals surface area (Å²) in [5.41, 5.74) is 1.23. The molecule has 1 aromatic heterocycles. The fourth-order valence-electron chi connectivity index (χ4n) is 2.42. The van der Waals surface area contributed by atoms with Crippen LogP contribution in [0.2, 0.25) is 0 Å². The monoisotopic (exact) mass is 281 g/mol. The van der Waals surface area contributed by atoms with E-state index in [1.54, 1.807) is 0 Å². The van der Waals surface area contributed by atoms with Crippen molar-refractivity contribution in [2.45, 2.75) is 45.4 Å². The molecule has 2 rings (SSSR count). The van der Waals surface area contributed by atoms with E-state index in [1.807, 2.05) is 10.9 Å². The Balaban J connectivity index is 1.74. The van der Waals surface area contributed by atoms with Gasteiger partial charge in [-0.1, -0.05) is 0 Å². The highest BCUT2D eigenvalue weighted by atomic mass is 16.5. The fraction of sp³-hybridized carbons (Fsp3) is 0.714.